The van der Waals surface area contributed by atoms with Crippen LogP contribution in [0.2, 0.25) is 0 Å². The van der Waals surface area contributed by atoms with Gasteiger partial charge in [0.25, 0.3) is 0 Å². The molecule has 3 heteroatoms. The molecule has 1 N–H and O–H groups in total. The number of hydrogen-bond donors (Lipinski definition) is 2. The fourth-order valence-electron chi connectivity index (χ4n) is 0.560. The van der Waals surface area contributed by atoms with Crippen molar-refractivity contribution in [3.05, 3.63) is 10.5 Å². The van der Waals surface area contributed by atoms with E-state index in [2.05, 4.69) is 17.9 Å². The van der Waals surface area contributed by atoms with Crippen molar-refractivity contribution in [2.45, 2.75) is 6.92 Å². The lowest BCUT2D eigenvalue weighted by atomic mass is 10.3. The highest BCUT2D eigenvalue weighted by molar-refractivity contribution is 7.84. The molecule has 0 unspecified atom stereocenters. The van der Waals surface area contributed by atoms with Crippen LogP contribution in [0.1, 0.15) is 6.92 Å². The van der Waals surface area contributed by atoms with Gasteiger partial charge in [-0.25, -0.2) is 0 Å². The number of hydrogen-bond acceptors (Lipinski definition) is 2. The molecule has 0 bridgehead atoms. The van der Waals surface area contributed by atoms with Gasteiger partial charge in [0.1, 0.15) is 0 Å². The van der Waals surface area contributed by atoms with E-state index in [1.54, 1.807) is 6.92 Å². The molecule has 8 heavy (non-hydrogen) atoms. The Kier molecular flexibility index (Phi) is 1.29. The molecule has 0 aromatic heterocycles. The van der Waals surface area contributed by atoms with E-state index >= 15 is 0 Å². The van der Waals surface area contributed by atoms with Crippen molar-refractivity contribution >= 4 is 18.5 Å². The van der Waals surface area contributed by atoms with Crippen LogP contribution < -0.4 is 5.32 Å². The minimum absolute atomic E-state index is 0.00926. The molecule has 1 heterocycles. The third kappa shape index (κ3) is 0.733. The number of carbonyl (C=O) groups excluding carboxylic acids is 1. The molecule has 44 valence electrons. The second kappa shape index (κ2) is 1.82. The van der Waals surface area contributed by atoms with E-state index in [1.807, 2.05) is 0 Å². The predicted molar refractivity (Wildman–Crippen MR) is 34.7 cm³/mol. The Hall–Kier alpha value is -0.440. The van der Waals surface area contributed by atoms with Gasteiger partial charge in [0.15, 0.2) is 0 Å². The molecule has 1 aliphatic heterocycles. The van der Waals surface area contributed by atoms with Gasteiger partial charge in [0.05, 0.1) is 0 Å². The zero-order valence-corrected chi connectivity index (χ0v) is 5.46. The second-order valence-electron chi connectivity index (χ2n) is 1.75. The summed E-state index contributed by atoms with van der Waals surface area (Å²) in [6.07, 6.45) is 0. The summed E-state index contributed by atoms with van der Waals surface area (Å²) in [4.78, 5) is 11.4. The van der Waals surface area contributed by atoms with Crippen LogP contribution in [0.4, 0.5) is 0 Å². The second-order valence-corrected chi connectivity index (χ2v) is 2.29. The van der Waals surface area contributed by atoms with Gasteiger partial charge < -0.3 is 5.32 Å². The van der Waals surface area contributed by atoms with Gasteiger partial charge >= 0.3 is 0 Å². The maximum Gasteiger partial charge on any atom is 0.248 e. The van der Waals surface area contributed by atoms with Crippen LogP contribution in [0, 0.1) is 0 Å². The van der Waals surface area contributed by atoms with Crippen LogP contribution in [0.5, 0.6) is 0 Å². The summed E-state index contributed by atoms with van der Waals surface area (Å²) >= 11 is 4.04. The molecule has 0 atom stereocenters. The molecule has 1 amide bonds. The molecule has 0 spiro atoms. The van der Waals surface area contributed by atoms with E-state index in [9.17, 15) is 4.79 Å². The van der Waals surface area contributed by atoms with Gasteiger partial charge in [0, 0.05) is 17.0 Å². The number of amides is 1. The van der Waals surface area contributed by atoms with Crippen molar-refractivity contribution < 1.29 is 4.79 Å². The van der Waals surface area contributed by atoms with Crippen molar-refractivity contribution in [2.75, 3.05) is 6.54 Å². The lowest BCUT2D eigenvalue weighted by Crippen LogP contribution is -2.16. The molecule has 0 radical (unpaired) electrons. The van der Waals surface area contributed by atoms with Gasteiger partial charge in [-0.05, 0) is 6.92 Å². The first-order valence-corrected chi connectivity index (χ1v) is 2.83. The smallest absolute Gasteiger partial charge is 0.248 e. The lowest BCUT2D eigenvalue weighted by molar-refractivity contribution is -0.116. The van der Waals surface area contributed by atoms with Crippen molar-refractivity contribution in [2.24, 2.45) is 0 Å². The van der Waals surface area contributed by atoms with Gasteiger partial charge in [-0.15, -0.1) is 12.6 Å². The van der Waals surface area contributed by atoms with E-state index in [-0.39, 0.29) is 5.91 Å². The van der Waals surface area contributed by atoms with Crippen LogP contribution in [0.25, 0.3) is 0 Å². The Morgan fingerprint density at radius 3 is 2.50 bits per heavy atom. The van der Waals surface area contributed by atoms with Crippen molar-refractivity contribution in [3.63, 3.8) is 0 Å². The standard InChI is InChI=1S/C5H7NOS/c1-3-4(8)2-6-5(3)7/h8H,2H2,1H3,(H,6,7). The number of rotatable bonds is 0. The number of nitrogens with one attached hydrogen (secondary N) is 1. The Morgan fingerprint density at radius 2 is 2.38 bits per heavy atom. The van der Waals surface area contributed by atoms with Gasteiger partial charge in [-0.3, -0.25) is 4.79 Å². The Morgan fingerprint density at radius 1 is 1.75 bits per heavy atom. The van der Waals surface area contributed by atoms with Crippen LogP contribution >= 0.6 is 12.6 Å². The molecule has 0 aromatic rings. The lowest BCUT2D eigenvalue weighted by Gasteiger charge is -1.85. The quantitative estimate of drug-likeness (QED) is 0.453. The minimum Gasteiger partial charge on any atom is -0.348 e. The van der Waals surface area contributed by atoms with Gasteiger partial charge in [-0.2, -0.15) is 0 Å². The van der Waals surface area contributed by atoms with Crippen LogP contribution in [-0.2, 0) is 4.79 Å². The average molecular weight is 129 g/mol. The number of thiol groups is 1. The van der Waals surface area contributed by atoms with Gasteiger partial charge in [0.2, 0.25) is 5.91 Å². The van der Waals surface area contributed by atoms with Gasteiger partial charge in [-0.1, -0.05) is 0 Å². The number of carbonyl (C=O) groups is 1. The Balaban J connectivity index is 2.86. The fraction of sp³-hybridized carbons (Fsp3) is 0.400. The first kappa shape index (κ1) is 5.69. The normalized spacial score (nSPS) is 19.5. The van der Waals surface area contributed by atoms with E-state index < -0.39 is 0 Å². The van der Waals surface area contributed by atoms with Crippen LogP contribution in [0.3, 0.4) is 0 Å². The summed E-state index contributed by atoms with van der Waals surface area (Å²) in [5, 5.41) is 2.63. The first-order chi connectivity index (χ1) is 3.72. The van der Waals surface area contributed by atoms with E-state index in [0.29, 0.717) is 6.54 Å². The molecular weight excluding hydrogens is 122 g/mol. The maximum atomic E-state index is 10.6. The van der Waals surface area contributed by atoms with Crippen LogP contribution in [0.15, 0.2) is 10.5 Å². The third-order valence-corrected chi connectivity index (χ3v) is 1.68. The van der Waals surface area contributed by atoms with Crippen molar-refractivity contribution in [3.8, 4) is 0 Å². The third-order valence-electron chi connectivity index (χ3n) is 1.19. The summed E-state index contributed by atoms with van der Waals surface area (Å²) in [6, 6.07) is 0. The molecule has 1 rings (SSSR count). The van der Waals surface area contributed by atoms with E-state index in [1.165, 1.54) is 0 Å². The molecular formula is C5H7NOS. The molecule has 0 saturated heterocycles. The molecule has 0 aliphatic carbocycles. The molecule has 0 aromatic carbocycles. The Bertz CT molecular complexity index is 162. The predicted octanol–water partition coefficient (Wildman–Crippen LogP) is 0.320. The Labute approximate surface area is 53.4 Å². The van der Waals surface area contributed by atoms with Crippen molar-refractivity contribution in [1.82, 2.24) is 5.32 Å². The fourth-order valence-corrected chi connectivity index (χ4v) is 0.741. The topological polar surface area (TPSA) is 29.1 Å². The van der Waals surface area contributed by atoms with E-state index in [4.69, 9.17) is 0 Å². The summed E-state index contributed by atoms with van der Waals surface area (Å²) in [5.41, 5.74) is 0.744. The zero-order valence-electron chi connectivity index (χ0n) is 4.56. The molecule has 1 aliphatic rings. The zero-order chi connectivity index (χ0) is 6.15. The van der Waals surface area contributed by atoms with E-state index in [0.717, 1.165) is 10.5 Å². The summed E-state index contributed by atoms with van der Waals surface area (Å²) < 4.78 is 0. The summed E-state index contributed by atoms with van der Waals surface area (Å²) in [5.74, 6) is 0.00926. The monoisotopic (exact) mass is 129 g/mol. The molecule has 0 saturated carbocycles. The molecule has 0 fully saturated rings. The summed E-state index contributed by atoms with van der Waals surface area (Å²) in [7, 11) is 0. The summed E-state index contributed by atoms with van der Waals surface area (Å²) in [6.45, 7) is 2.37. The van der Waals surface area contributed by atoms with Crippen LogP contribution in [-0.4, -0.2) is 12.5 Å². The highest BCUT2D eigenvalue weighted by atomic mass is 32.1. The largest absolute Gasteiger partial charge is 0.348 e. The van der Waals surface area contributed by atoms with Crippen molar-refractivity contribution in [1.29, 1.82) is 0 Å². The SMILES string of the molecule is CC1=C(S)CNC1=O. The minimum atomic E-state index is 0.00926. The molecule has 2 nitrogen and oxygen atoms in total. The average Bonchev–Trinajstić information content (AvgIpc) is 1.98. The highest BCUT2D eigenvalue weighted by Gasteiger charge is 2.14. The first-order valence-electron chi connectivity index (χ1n) is 2.38. The maximum absolute atomic E-state index is 10.6. The highest BCUT2D eigenvalue weighted by Crippen LogP contribution is 2.12.